The number of benzene rings is 1. The number of rotatable bonds is 7. The first-order valence-electron chi connectivity index (χ1n) is 13.2. The summed E-state index contributed by atoms with van der Waals surface area (Å²) in [7, 11) is 0. The molecule has 3 aromatic rings. The van der Waals surface area contributed by atoms with Crippen LogP contribution in [0.3, 0.4) is 0 Å². The first kappa shape index (κ1) is 24.6. The van der Waals surface area contributed by atoms with Gasteiger partial charge in [-0.2, -0.15) is 9.97 Å². The number of amides is 1. The van der Waals surface area contributed by atoms with E-state index in [0.29, 0.717) is 38.2 Å². The lowest BCUT2D eigenvalue weighted by Crippen LogP contribution is -2.49. The number of thiophene rings is 1. The highest BCUT2D eigenvalue weighted by Gasteiger charge is 2.46. The van der Waals surface area contributed by atoms with Crippen LogP contribution in [0, 0.1) is 5.92 Å². The van der Waals surface area contributed by atoms with E-state index in [9.17, 15) is 4.79 Å². The molecule has 196 valence electrons. The van der Waals surface area contributed by atoms with Gasteiger partial charge in [-0.1, -0.05) is 37.3 Å². The highest BCUT2D eigenvalue weighted by molar-refractivity contribution is 7.18. The Labute approximate surface area is 221 Å². The van der Waals surface area contributed by atoms with E-state index in [4.69, 9.17) is 24.2 Å². The van der Waals surface area contributed by atoms with Gasteiger partial charge in [0.15, 0.2) is 5.79 Å². The largest absolute Gasteiger partial charge is 0.461 e. The van der Waals surface area contributed by atoms with Crippen molar-refractivity contribution in [2.75, 3.05) is 44.3 Å². The molecule has 3 fully saturated rings. The molecule has 3 atom stereocenters. The number of aromatic nitrogens is 2. The average molecular weight is 523 g/mol. The molecule has 0 N–H and O–H groups in total. The summed E-state index contributed by atoms with van der Waals surface area (Å²) in [6.45, 7) is 9.67. The summed E-state index contributed by atoms with van der Waals surface area (Å²) in [6.07, 6.45) is 1.76. The van der Waals surface area contributed by atoms with Crippen LogP contribution in [0.2, 0.25) is 0 Å². The summed E-state index contributed by atoms with van der Waals surface area (Å²) >= 11 is 1.68. The summed E-state index contributed by atoms with van der Waals surface area (Å²) in [4.78, 5) is 29.2. The van der Waals surface area contributed by atoms with E-state index in [1.54, 1.807) is 11.3 Å². The molecular weight excluding hydrogens is 488 g/mol. The van der Waals surface area contributed by atoms with Crippen LogP contribution in [0.1, 0.15) is 43.6 Å². The quantitative estimate of drug-likeness (QED) is 0.459. The molecule has 1 aliphatic carbocycles. The standard InChI is InChI=1S/C28H34N4O4S/c1-4-20-14-23-24(29-27(30-25(23)37-20)34-16-19-17-35-28(2,3)36-19)31-10-12-32(13-11-31)26(33)22-15-21(22)18-8-6-5-7-9-18/h5-9,14,19,21-22H,4,10-13,15-17H2,1-3H3/t19-,21?,22?/m0/s1. The van der Waals surface area contributed by atoms with Crippen molar-refractivity contribution in [1.29, 1.82) is 0 Å². The Balaban J connectivity index is 1.14. The molecule has 1 aromatic carbocycles. The van der Waals surface area contributed by atoms with E-state index in [-0.39, 0.29) is 17.9 Å². The van der Waals surface area contributed by atoms with E-state index in [1.807, 2.05) is 24.8 Å². The molecule has 6 rings (SSSR count). The predicted octanol–water partition coefficient (Wildman–Crippen LogP) is 4.24. The maximum absolute atomic E-state index is 13.2. The topological polar surface area (TPSA) is 77.0 Å². The van der Waals surface area contributed by atoms with Gasteiger partial charge in [-0.05, 0) is 44.2 Å². The molecule has 2 aliphatic heterocycles. The molecule has 2 unspecified atom stereocenters. The van der Waals surface area contributed by atoms with Crippen LogP contribution in [-0.4, -0.2) is 72.1 Å². The summed E-state index contributed by atoms with van der Waals surface area (Å²) in [5.74, 6) is 1.07. The summed E-state index contributed by atoms with van der Waals surface area (Å²) in [5.41, 5.74) is 1.28. The molecule has 0 spiro atoms. The molecule has 2 aromatic heterocycles. The van der Waals surface area contributed by atoms with Crippen molar-refractivity contribution in [3.63, 3.8) is 0 Å². The lowest BCUT2D eigenvalue weighted by Gasteiger charge is -2.36. The van der Waals surface area contributed by atoms with Crippen LogP contribution in [-0.2, 0) is 20.7 Å². The fraction of sp³-hybridized carbons (Fsp3) is 0.536. The Morgan fingerprint density at radius 3 is 2.65 bits per heavy atom. The predicted molar refractivity (Wildman–Crippen MR) is 143 cm³/mol. The van der Waals surface area contributed by atoms with Gasteiger partial charge >= 0.3 is 6.01 Å². The van der Waals surface area contributed by atoms with Crippen molar-refractivity contribution in [3.05, 3.63) is 46.8 Å². The van der Waals surface area contributed by atoms with Crippen molar-refractivity contribution >= 4 is 33.3 Å². The Morgan fingerprint density at radius 1 is 1.16 bits per heavy atom. The number of fused-ring (bicyclic) bond motifs is 1. The molecule has 1 amide bonds. The Morgan fingerprint density at radius 2 is 1.95 bits per heavy atom. The van der Waals surface area contributed by atoms with Crippen molar-refractivity contribution in [1.82, 2.24) is 14.9 Å². The molecule has 9 heteroatoms. The molecule has 8 nitrogen and oxygen atoms in total. The summed E-state index contributed by atoms with van der Waals surface area (Å²) < 4.78 is 17.5. The maximum Gasteiger partial charge on any atom is 0.319 e. The van der Waals surface area contributed by atoms with Gasteiger partial charge in [0.25, 0.3) is 0 Å². The Hall–Kier alpha value is -2.75. The minimum Gasteiger partial charge on any atom is -0.461 e. The third-order valence-corrected chi connectivity index (χ3v) is 8.62. The van der Waals surface area contributed by atoms with Crippen molar-refractivity contribution in [3.8, 4) is 6.01 Å². The second kappa shape index (κ2) is 9.85. The number of aryl methyl sites for hydroxylation is 1. The number of hydrogen-bond donors (Lipinski definition) is 0. The number of carbonyl (C=O) groups excluding carboxylic acids is 1. The monoisotopic (exact) mass is 522 g/mol. The summed E-state index contributed by atoms with van der Waals surface area (Å²) in [6, 6.07) is 13.0. The average Bonchev–Trinajstić information content (AvgIpc) is 3.48. The van der Waals surface area contributed by atoms with Gasteiger partial charge in [-0.3, -0.25) is 4.79 Å². The Bertz CT molecular complexity index is 1270. The van der Waals surface area contributed by atoms with Crippen molar-refractivity contribution in [2.24, 2.45) is 5.92 Å². The molecule has 0 bridgehead atoms. The summed E-state index contributed by atoms with van der Waals surface area (Å²) in [5, 5.41) is 1.06. The second-order valence-corrected chi connectivity index (χ2v) is 11.7. The zero-order chi connectivity index (χ0) is 25.6. The minimum absolute atomic E-state index is 0.121. The van der Waals surface area contributed by atoms with Crippen LogP contribution in [0.15, 0.2) is 36.4 Å². The van der Waals surface area contributed by atoms with Gasteiger partial charge in [-0.25, -0.2) is 0 Å². The molecule has 4 heterocycles. The van der Waals surface area contributed by atoms with Crippen LogP contribution >= 0.6 is 11.3 Å². The first-order valence-corrected chi connectivity index (χ1v) is 14.1. The van der Waals surface area contributed by atoms with Crippen LogP contribution < -0.4 is 9.64 Å². The smallest absolute Gasteiger partial charge is 0.319 e. The van der Waals surface area contributed by atoms with Crippen molar-refractivity contribution < 1.29 is 19.0 Å². The van der Waals surface area contributed by atoms with Crippen LogP contribution in [0.4, 0.5) is 5.82 Å². The lowest BCUT2D eigenvalue weighted by atomic mass is 10.1. The normalized spacial score (nSPS) is 25.0. The van der Waals surface area contributed by atoms with E-state index < -0.39 is 5.79 Å². The fourth-order valence-electron chi connectivity index (χ4n) is 5.34. The van der Waals surface area contributed by atoms with Crippen LogP contribution in [0.25, 0.3) is 10.2 Å². The molecule has 37 heavy (non-hydrogen) atoms. The van der Waals surface area contributed by atoms with Crippen molar-refractivity contribution in [2.45, 2.75) is 51.4 Å². The highest BCUT2D eigenvalue weighted by atomic mass is 32.1. The SMILES string of the molecule is CCc1cc2c(N3CCN(C(=O)C4CC4c4ccccc4)CC3)nc(OC[C@H]3COC(C)(C)O3)nc2s1. The number of carbonyl (C=O) groups is 1. The van der Waals surface area contributed by atoms with E-state index in [2.05, 4.69) is 42.2 Å². The maximum atomic E-state index is 13.2. The van der Waals surface area contributed by atoms with Gasteiger partial charge in [0.1, 0.15) is 23.4 Å². The zero-order valence-corrected chi connectivity index (χ0v) is 22.5. The van der Waals surface area contributed by atoms with Crippen LogP contribution in [0.5, 0.6) is 6.01 Å². The molecule has 1 saturated carbocycles. The van der Waals surface area contributed by atoms with Gasteiger partial charge in [0.05, 0.1) is 12.0 Å². The van der Waals surface area contributed by atoms with Gasteiger partial charge < -0.3 is 24.0 Å². The zero-order valence-electron chi connectivity index (χ0n) is 21.7. The lowest BCUT2D eigenvalue weighted by molar-refractivity contribution is -0.141. The second-order valence-electron chi connectivity index (χ2n) is 10.5. The van der Waals surface area contributed by atoms with E-state index >= 15 is 0 Å². The molecule has 3 aliphatic rings. The highest BCUT2D eigenvalue weighted by Crippen LogP contribution is 2.48. The minimum atomic E-state index is -0.591. The first-order chi connectivity index (χ1) is 17.9. The van der Waals surface area contributed by atoms with Gasteiger partial charge in [0, 0.05) is 37.0 Å². The number of ether oxygens (including phenoxy) is 3. The number of hydrogen-bond acceptors (Lipinski definition) is 8. The fourth-order valence-corrected chi connectivity index (χ4v) is 6.29. The third kappa shape index (κ3) is 5.17. The van der Waals surface area contributed by atoms with Gasteiger partial charge in [0.2, 0.25) is 5.91 Å². The Kier molecular flexibility index (Phi) is 6.54. The third-order valence-electron chi connectivity index (χ3n) is 7.44. The van der Waals surface area contributed by atoms with E-state index in [0.717, 1.165) is 42.0 Å². The van der Waals surface area contributed by atoms with Gasteiger partial charge in [-0.15, -0.1) is 11.3 Å². The number of nitrogens with zero attached hydrogens (tertiary/aromatic N) is 4. The molecular formula is C28H34N4O4S. The number of anilines is 1. The molecule has 2 saturated heterocycles. The number of piperazine rings is 1. The van der Waals surface area contributed by atoms with E-state index in [1.165, 1.54) is 10.4 Å². The molecule has 0 radical (unpaired) electrons.